The summed E-state index contributed by atoms with van der Waals surface area (Å²) in [7, 11) is 0. The quantitative estimate of drug-likeness (QED) is 0.323. The molecular weight excluding hydrogens is 554 g/mol. The predicted octanol–water partition coefficient (Wildman–Crippen LogP) is 3.96. The second-order valence-electron chi connectivity index (χ2n) is 10.9. The molecule has 5 rings (SSSR count). The zero-order valence-corrected chi connectivity index (χ0v) is 25.4. The molecular formula is C36H43N3O5. The third-order valence-corrected chi connectivity index (χ3v) is 7.89. The van der Waals surface area contributed by atoms with Crippen molar-refractivity contribution in [1.82, 2.24) is 10.2 Å². The lowest BCUT2D eigenvalue weighted by atomic mass is 9.92. The monoisotopic (exact) mass is 597 g/mol. The standard InChI is InChI=1S/C25H31N3O4.C9H10O.C2H2/c1-17-8-5-6-11-19(17)16-27-24(31)21-12-7-13-28(21)25(32)22(29)15-20(23(26)30)14-18-9-3-2-4-10-18;1-2-6-9-8(4-1)5-3-7-10-9;1-2/h2-6,8-11,20-22,29H,7,12-16H2,1H3,(H2,26,30)(H,27,31);1-2,4,6H,3,5,7H2;1-2H/t20-,21+,22?;;/m1../s1. The summed E-state index contributed by atoms with van der Waals surface area (Å²) in [4.78, 5) is 39.1. The molecule has 0 aliphatic carbocycles. The van der Waals surface area contributed by atoms with E-state index in [0.29, 0.717) is 32.4 Å². The number of amides is 3. The fourth-order valence-corrected chi connectivity index (χ4v) is 5.47. The van der Waals surface area contributed by atoms with Crippen LogP contribution in [0.4, 0.5) is 0 Å². The van der Waals surface area contributed by atoms with E-state index in [4.69, 9.17) is 10.5 Å². The van der Waals surface area contributed by atoms with Gasteiger partial charge >= 0.3 is 0 Å². The Bertz CT molecular complexity index is 1370. The number of hydrogen-bond donors (Lipinski definition) is 3. The molecule has 8 nitrogen and oxygen atoms in total. The van der Waals surface area contributed by atoms with Crippen molar-refractivity contribution in [3.05, 3.63) is 101 Å². The van der Waals surface area contributed by atoms with Crippen LogP contribution in [0.15, 0.2) is 78.9 Å². The highest BCUT2D eigenvalue weighted by Crippen LogP contribution is 2.24. The number of likely N-dealkylation sites (tertiary alicyclic amines) is 1. The van der Waals surface area contributed by atoms with Crippen LogP contribution in [0.1, 0.15) is 47.9 Å². The number of aryl methyl sites for hydroxylation is 2. The maximum absolute atomic E-state index is 12.9. The first kappa shape index (κ1) is 33.9. The number of aliphatic hydroxyl groups excluding tert-OH is 1. The van der Waals surface area contributed by atoms with Crippen molar-refractivity contribution >= 4 is 17.7 Å². The molecule has 8 heteroatoms. The van der Waals surface area contributed by atoms with Crippen molar-refractivity contribution in [2.24, 2.45) is 11.7 Å². The number of nitrogens with zero attached hydrogens (tertiary/aromatic N) is 1. The van der Waals surface area contributed by atoms with Crippen LogP contribution < -0.4 is 15.8 Å². The minimum absolute atomic E-state index is 0.0723. The van der Waals surface area contributed by atoms with Crippen LogP contribution in [-0.4, -0.2) is 53.0 Å². The van der Waals surface area contributed by atoms with E-state index >= 15 is 0 Å². The summed E-state index contributed by atoms with van der Waals surface area (Å²) in [6.45, 7) is 3.65. The number of fused-ring (bicyclic) bond motifs is 1. The highest BCUT2D eigenvalue weighted by Gasteiger charge is 2.37. The van der Waals surface area contributed by atoms with Gasteiger partial charge in [0.25, 0.3) is 5.91 Å². The zero-order chi connectivity index (χ0) is 31.9. The molecule has 3 amide bonds. The van der Waals surface area contributed by atoms with E-state index in [1.807, 2.05) is 73.7 Å². The van der Waals surface area contributed by atoms with Crippen LogP contribution in [0.25, 0.3) is 0 Å². The van der Waals surface area contributed by atoms with E-state index in [9.17, 15) is 19.5 Å². The van der Waals surface area contributed by atoms with E-state index < -0.39 is 29.9 Å². The number of rotatable bonds is 9. The van der Waals surface area contributed by atoms with Gasteiger partial charge < -0.3 is 25.8 Å². The summed E-state index contributed by atoms with van der Waals surface area (Å²) in [5.74, 6) is -0.921. The van der Waals surface area contributed by atoms with Gasteiger partial charge in [-0.15, -0.1) is 12.8 Å². The van der Waals surface area contributed by atoms with Gasteiger partial charge in [0, 0.05) is 19.0 Å². The molecule has 1 fully saturated rings. The van der Waals surface area contributed by atoms with E-state index in [1.54, 1.807) is 0 Å². The van der Waals surface area contributed by atoms with Crippen LogP contribution in [0.3, 0.4) is 0 Å². The number of aliphatic hydroxyl groups is 1. The number of benzene rings is 3. The van der Waals surface area contributed by atoms with Gasteiger partial charge in [0.15, 0.2) is 0 Å². The van der Waals surface area contributed by atoms with Crippen molar-refractivity contribution in [3.8, 4) is 18.6 Å². The largest absolute Gasteiger partial charge is 0.493 e. The second kappa shape index (κ2) is 17.5. The summed E-state index contributed by atoms with van der Waals surface area (Å²) >= 11 is 0. The van der Waals surface area contributed by atoms with Gasteiger partial charge in [0.1, 0.15) is 17.9 Å². The van der Waals surface area contributed by atoms with Crippen LogP contribution in [0, 0.1) is 25.7 Å². The molecule has 0 saturated carbocycles. The van der Waals surface area contributed by atoms with Crippen molar-refractivity contribution in [1.29, 1.82) is 0 Å². The molecule has 3 aromatic carbocycles. The summed E-state index contributed by atoms with van der Waals surface area (Å²) in [5, 5.41) is 13.5. The van der Waals surface area contributed by atoms with Gasteiger partial charge in [-0.2, -0.15) is 0 Å². The second-order valence-corrected chi connectivity index (χ2v) is 10.9. The molecule has 232 valence electrons. The SMILES string of the molecule is C#C.Cc1ccccc1CNC(=O)[C@@H]1CCCN1C(=O)C(O)C[C@@H](Cc1ccccc1)C(N)=O.c1ccc2c(c1)CCCO2. The molecule has 0 bridgehead atoms. The van der Waals surface area contributed by atoms with Crippen LogP contribution >= 0.6 is 0 Å². The predicted molar refractivity (Wildman–Crippen MR) is 171 cm³/mol. The Morgan fingerprint density at radius 3 is 2.39 bits per heavy atom. The molecule has 3 aromatic rings. The first-order chi connectivity index (χ1) is 21.3. The van der Waals surface area contributed by atoms with E-state index in [-0.39, 0.29) is 12.3 Å². The zero-order valence-electron chi connectivity index (χ0n) is 25.4. The number of para-hydroxylation sites is 1. The fraction of sp³-hybridized carbons (Fsp3) is 0.361. The lowest BCUT2D eigenvalue weighted by Gasteiger charge is -2.27. The number of carbonyl (C=O) groups is 3. The highest BCUT2D eigenvalue weighted by molar-refractivity contribution is 5.90. The molecule has 44 heavy (non-hydrogen) atoms. The molecule has 0 spiro atoms. The smallest absolute Gasteiger partial charge is 0.252 e. The Morgan fingerprint density at radius 1 is 1.00 bits per heavy atom. The molecule has 2 aliphatic heterocycles. The number of carbonyl (C=O) groups excluding carboxylic acids is 3. The molecule has 4 N–H and O–H groups in total. The average Bonchev–Trinajstić information content (AvgIpc) is 3.55. The number of ether oxygens (including phenoxy) is 1. The highest BCUT2D eigenvalue weighted by atomic mass is 16.5. The Labute approximate surface area is 260 Å². The minimum atomic E-state index is -1.39. The van der Waals surface area contributed by atoms with E-state index in [0.717, 1.165) is 35.5 Å². The van der Waals surface area contributed by atoms with Gasteiger partial charge in [-0.25, -0.2) is 0 Å². The number of primary amides is 1. The Kier molecular flexibility index (Phi) is 13.5. The normalized spacial score (nSPS) is 16.4. The topological polar surface area (TPSA) is 122 Å². The maximum atomic E-state index is 12.9. The lowest BCUT2D eigenvalue weighted by Crippen LogP contribution is -2.49. The third kappa shape index (κ3) is 9.72. The number of terminal acetylenes is 1. The number of nitrogens with one attached hydrogen (secondary N) is 1. The summed E-state index contributed by atoms with van der Waals surface area (Å²) in [5.41, 5.74) is 9.89. The van der Waals surface area contributed by atoms with Gasteiger partial charge in [-0.1, -0.05) is 72.8 Å². The van der Waals surface area contributed by atoms with Crippen molar-refractivity contribution < 1.29 is 24.2 Å². The number of hydrogen-bond acceptors (Lipinski definition) is 5. The lowest BCUT2D eigenvalue weighted by molar-refractivity contribution is -0.146. The molecule has 0 radical (unpaired) electrons. The molecule has 3 atom stereocenters. The Hall–Kier alpha value is -4.61. The van der Waals surface area contributed by atoms with Crippen molar-refractivity contribution in [2.75, 3.05) is 13.2 Å². The summed E-state index contributed by atoms with van der Waals surface area (Å²) < 4.78 is 5.42. The summed E-state index contributed by atoms with van der Waals surface area (Å²) in [6, 6.07) is 24.8. The fourth-order valence-electron chi connectivity index (χ4n) is 5.47. The Morgan fingerprint density at radius 2 is 1.68 bits per heavy atom. The molecule has 0 aromatic heterocycles. The van der Waals surface area contributed by atoms with Crippen LogP contribution in [-0.2, 0) is 33.8 Å². The van der Waals surface area contributed by atoms with Crippen molar-refractivity contribution in [2.45, 2.75) is 64.1 Å². The first-order valence-electron chi connectivity index (χ1n) is 15.0. The van der Waals surface area contributed by atoms with Gasteiger partial charge in [0.05, 0.1) is 6.61 Å². The van der Waals surface area contributed by atoms with Gasteiger partial charge in [-0.3, -0.25) is 14.4 Å². The van der Waals surface area contributed by atoms with Crippen molar-refractivity contribution in [3.63, 3.8) is 0 Å². The third-order valence-electron chi connectivity index (χ3n) is 7.89. The van der Waals surface area contributed by atoms with Gasteiger partial charge in [-0.05, 0) is 73.8 Å². The first-order valence-corrected chi connectivity index (χ1v) is 15.0. The molecule has 1 unspecified atom stereocenters. The van der Waals surface area contributed by atoms with Crippen LogP contribution in [0.2, 0.25) is 0 Å². The summed E-state index contributed by atoms with van der Waals surface area (Å²) in [6.07, 6.45) is 10.5. The van der Waals surface area contributed by atoms with E-state index in [2.05, 4.69) is 30.3 Å². The van der Waals surface area contributed by atoms with E-state index in [1.165, 1.54) is 16.9 Å². The number of nitrogens with two attached hydrogens (primary N) is 1. The molecule has 2 aliphatic rings. The maximum Gasteiger partial charge on any atom is 0.252 e. The minimum Gasteiger partial charge on any atom is -0.493 e. The Balaban J connectivity index is 0.000000366. The molecule has 2 heterocycles. The van der Waals surface area contributed by atoms with Crippen LogP contribution in [0.5, 0.6) is 5.75 Å². The average molecular weight is 598 g/mol. The van der Waals surface area contributed by atoms with Gasteiger partial charge in [0.2, 0.25) is 11.8 Å². The molecule has 1 saturated heterocycles.